The second kappa shape index (κ2) is 5.12. The Morgan fingerprint density at radius 2 is 2.25 bits per heavy atom. The van der Waals surface area contributed by atoms with Gasteiger partial charge in [-0.2, -0.15) is 0 Å². The number of H-pyrrole nitrogens is 1. The molecule has 0 amide bonds. The number of nitrogens with one attached hydrogen (secondary N) is 1. The molecule has 0 saturated carbocycles. The van der Waals surface area contributed by atoms with Gasteiger partial charge in [-0.15, -0.1) is 0 Å². The van der Waals surface area contributed by atoms with Crippen LogP contribution in [0.2, 0.25) is 0 Å². The van der Waals surface area contributed by atoms with Crippen molar-refractivity contribution in [2.24, 2.45) is 4.99 Å². The number of esters is 1. The van der Waals surface area contributed by atoms with Crippen LogP contribution in [0.4, 0.5) is 0 Å². The zero-order valence-corrected chi connectivity index (χ0v) is 11.8. The van der Waals surface area contributed by atoms with Crippen molar-refractivity contribution in [1.82, 2.24) is 4.98 Å². The Morgan fingerprint density at radius 1 is 1.45 bits per heavy atom. The standard InChI is InChI=1S/C16H18N2O2/c1-10-9-12-11-5-3-4-6-13(11)18-16(12)14(17-10)7-8-15(19)20-2/h3-6,10,18H,7-9H2,1-2H3. The number of para-hydroxylation sites is 1. The average molecular weight is 270 g/mol. The van der Waals surface area contributed by atoms with E-state index in [4.69, 9.17) is 9.73 Å². The van der Waals surface area contributed by atoms with Crippen molar-refractivity contribution in [1.29, 1.82) is 0 Å². The third-order valence-corrected chi connectivity index (χ3v) is 3.77. The van der Waals surface area contributed by atoms with E-state index in [2.05, 4.69) is 30.1 Å². The van der Waals surface area contributed by atoms with Crippen LogP contribution in [0.3, 0.4) is 0 Å². The summed E-state index contributed by atoms with van der Waals surface area (Å²) in [6.45, 7) is 2.11. The molecule has 4 nitrogen and oxygen atoms in total. The molecule has 1 aromatic carbocycles. The summed E-state index contributed by atoms with van der Waals surface area (Å²) in [6, 6.07) is 8.56. The van der Waals surface area contributed by atoms with Gasteiger partial charge >= 0.3 is 5.97 Å². The number of aromatic nitrogens is 1. The van der Waals surface area contributed by atoms with Crippen molar-refractivity contribution in [3.63, 3.8) is 0 Å². The van der Waals surface area contributed by atoms with Crippen LogP contribution in [0.5, 0.6) is 0 Å². The number of hydrogen-bond donors (Lipinski definition) is 1. The van der Waals surface area contributed by atoms with Crippen LogP contribution in [0.25, 0.3) is 10.9 Å². The molecule has 2 heterocycles. The van der Waals surface area contributed by atoms with E-state index in [-0.39, 0.29) is 12.0 Å². The van der Waals surface area contributed by atoms with Gasteiger partial charge in [0.15, 0.2) is 0 Å². The van der Waals surface area contributed by atoms with Crippen molar-refractivity contribution in [3.8, 4) is 0 Å². The van der Waals surface area contributed by atoms with Crippen LogP contribution < -0.4 is 0 Å². The molecule has 0 fully saturated rings. The van der Waals surface area contributed by atoms with Gasteiger partial charge in [-0.3, -0.25) is 9.79 Å². The summed E-state index contributed by atoms with van der Waals surface area (Å²) in [5, 5.41) is 1.26. The molecule has 3 rings (SSSR count). The van der Waals surface area contributed by atoms with E-state index < -0.39 is 0 Å². The highest BCUT2D eigenvalue weighted by Gasteiger charge is 2.23. The summed E-state index contributed by atoms with van der Waals surface area (Å²) in [5.41, 5.74) is 4.54. The first-order chi connectivity index (χ1) is 9.69. The van der Waals surface area contributed by atoms with Crippen LogP contribution in [-0.2, 0) is 16.0 Å². The lowest BCUT2D eigenvalue weighted by atomic mass is 9.96. The van der Waals surface area contributed by atoms with E-state index in [0.717, 1.165) is 23.3 Å². The van der Waals surface area contributed by atoms with E-state index in [1.807, 2.05) is 6.07 Å². The molecule has 0 bridgehead atoms. The van der Waals surface area contributed by atoms with Crippen molar-refractivity contribution >= 4 is 22.6 Å². The number of aliphatic imine (C=N–C) groups is 1. The average Bonchev–Trinajstić information content (AvgIpc) is 2.83. The Balaban J connectivity index is 1.98. The molecule has 1 aliphatic heterocycles. The normalized spacial score (nSPS) is 17.7. The number of benzene rings is 1. The van der Waals surface area contributed by atoms with Crippen molar-refractivity contribution in [2.45, 2.75) is 32.2 Å². The van der Waals surface area contributed by atoms with Crippen LogP contribution in [0.15, 0.2) is 29.3 Å². The fourth-order valence-corrected chi connectivity index (χ4v) is 2.84. The van der Waals surface area contributed by atoms with Crippen molar-refractivity contribution in [2.75, 3.05) is 7.11 Å². The maximum Gasteiger partial charge on any atom is 0.305 e. The van der Waals surface area contributed by atoms with Crippen LogP contribution >= 0.6 is 0 Å². The van der Waals surface area contributed by atoms with Gasteiger partial charge in [-0.05, 0) is 25.0 Å². The first-order valence-electron chi connectivity index (χ1n) is 6.92. The first kappa shape index (κ1) is 12.9. The van der Waals surface area contributed by atoms with Crippen LogP contribution in [0.1, 0.15) is 31.0 Å². The van der Waals surface area contributed by atoms with E-state index in [0.29, 0.717) is 12.8 Å². The maximum absolute atomic E-state index is 11.3. The van der Waals surface area contributed by atoms with Gasteiger partial charge in [-0.1, -0.05) is 18.2 Å². The Hall–Kier alpha value is -2.10. The van der Waals surface area contributed by atoms with E-state index >= 15 is 0 Å². The maximum atomic E-state index is 11.3. The molecule has 1 atom stereocenters. The quantitative estimate of drug-likeness (QED) is 0.872. The van der Waals surface area contributed by atoms with E-state index in [1.54, 1.807) is 0 Å². The highest BCUT2D eigenvalue weighted by Crippen LogP contribution is 2.29. The fraction of sp³-hybridized carbons (Fsp3) is 0.375. The molecule has 0 saturated heterocycles. The topological polar surface area (TPSA) is 54.4 Å². The van der Waals surface area contributed by atoms with E-state index in [1.165, 1.54) is 18.1 Å². The number of hydrogen-bond acceptors (Lipinski definition) is 3. The third kappa shape index (κ3) is 2.22. The lowest BCUT2D eigenvalue weighted by Crippen LogP contribution is -2.19. The lowest BCUT2D eigenvalue weighted by Gasteiger charge is -2.18. The molecule has 1 aliphatic rings. The van der Waals surface area contributed by atoms with E-state index in [9.17, 15) is 4.79 Å². The summed E-state index contributed by atoms with van der Waals surface area (Å²) in [6.07, 6.45) is 1.94. The zero-order chi connectivity index (χ0) is 14.1. The Labute approximate surface area is 117 Å². The fourth-order valence-electron chi connectivity index (χ4n) is 2.84. The Bertz CT molecular complexity index is 685. The number of aromatic amines is 1. The number of nitrogens with zero attached hydrogens (tertiary/aromatic N) is 1. The van der Waals surface area contributed by atoms with Gasteiger partial charge in [0, 0.05) is 17.3 Å². The first-order valence-corrected chi connectivity index (χ1v) is 6.92. The molecule has 20 heavy (non-hydrogen) atoms. The predicted molar refractivity (Wildman–Crippen MR) is 79.3 cm³/mol. The summed E-state index contributed by atoms with van der Waals surface area (Å²) < 4.78 is 4.71. The van der Waals surface area contributed by atoms with Gasteiger partial charge in [0.25, 0.3) is 0 Å². The number of fused-ring (bicyclic) bond motifs is 3. The molecule has 2 aromatic rings. The van der Waals surface area contributed by atoms with Gasteiger partial charge in [-0.25, -0.2) is 0 Å². The van der Waals surface area contributed by atoms with Gasteiger partial charge in [0.05, 0.1) is 31.0 Å². The van der Waals surface area contributed by atoms with Gasteiger partial charge in [0.2, 0.25) is 0 Å². The zero-order valence-electron chi connectivity index (χ0n) is 11.8. The lowest BCUT2D eigenvalue weighted by molar-refractivity contribution is -0.140. The molecule has 1 aromatic heterocycles. The second-order valence-corrected chi connectivity index (χ2v) is 5.23. The molecule has 0 aliphatic carbocycles. The molecule has 104 valence electrons. The summed E-state index contributed by atoms with van der Waals surface area (Å²) in [7, 11) is 1.42. The smallest absolute Gasteiger partial charge is 0.305 e. The van der Waals surface area contributed by atoms with Gasteiger partial charge in [0.1, 0.15) is 0 Å². The second-order valence-electron chi connectivity index (χ2n) is 5.23. The molecule has 4 heteroatoms. The van der Waals surface area contributed by atoms with Crippen molar-refractivity contribution in [3.05, 3.63) is 35.5 Å². The van der Waals surface area contributed by atoms with Gasteiger partial charge < -0.3 is 9.72 Å². The monoisotopic (exact) mass is 270 g/mol. The molecule has 1 unspecified atom stereocenters. The van der Waals surface area contributed by atoms with Crippen LogP contribution in [-0.4, -0.2) is 29.8 Å². The summed E-state index contributed by atoms with van der Waals surface area (Å²) in [5.74, 6) is -0.191. The number of methoxy groups -OCH3 is 1. The molecular weight excluding hydrogens is 252 g/mol. The number of ether oxygens (including phenoxy) is 1. The highest BCUT2D eigenvalue weighted by atomic mass is 16.5. The Morgan fingerprint density at radius 3 is 3.05 bits per heavy atom. The molecule has 1 N–H and O–H groups in total. The van der Waals surface area contributed by atoms with Crippen molar-refractivity contribution < 1.29 is 9.53 Å². The Kier molecular flexibility index (Phi) is 3.30. The number of carbonyl (C=O) groups is 1. The minimum absolute atomic E-state index is 0.191. The molecular formula is C16H18N2O2. The van der Waals surface area contributed by atoms with Crippen LogP contribution in [0, 0.1) is 0 Å². The third-order valence-electron chi connectivity index (χ3n) is 3.77. The molecule has 0 radical (unpaired) electrons. The SMILES string of the molecule is COC(=O)CCC1=NC(C)Cc2c1[nH]c1ccccc21. The minimum Gasteiger partial charge on any atom is -0.469 e. The summed E-state index contributed by atoms with van der Waals surface area (Å²) in [4.78, 5) is 19.5. The minimum atomic E-state index is -0.191. The largest absolute Gasteiger partial charge is 0.469 e. The number of carbonyl (C=O) groups excluding carboxylic acids is 1. The predicted octanol–water partition coefficient (Wildman–Crippen LogP) is 2.85. The number of rotatable bonds is 3. The summed E-state index contributed by atoms with van der Waals surface area (Å²) >= 11 is 0. The molecule has 0 spiro atoms. The highest BCUT2D eigenvalue weighted by molar-refractivity contribution is 6.07.